The third-order valence-corrected chi connectivity index (χ3v) is 8.35. The fourth-order valence-corrected chi connectivity index (χ4v) is 5.48. The van der Waals surface area contributed by atoms with E-state index in [1.807, 2.05) is 26.8 Å². The van der Waals surface area contributed by atoms with Crippen LogP contribution < -0.4 is 20.1 Å². The van der Waals surface area contributed by atoms with Crippen LogP contribution in [0.4, 0.5) is 10.1 Å². The fraction of sp³-hybridized carbons (Fsp3) is 0.516. The molecule has 0 radical (unpaired) electrons. The predicted octanol–water partition coefficient (Wildman–Crippen LogP) is 6.15. The van der Waals surface area contributed by atoms with E-state index in [1.165, 1.54) is 19.6 Å². The monoisotopic (exact) mass is 538 g/mol. The number of carbonyl (C=O) groups excluding carboxylic acids is 3. The zero-order valence-corrected chi connectivity index (χ0v) is 23.5. The van der Waals surface area contributed by atoms with Crippen LogP contribution in [-0.4, -0.2) is 37.9 Å². The highest BCUT2D eigenvalue weighted by Gasteiger charge is 2.33. The Morgan fingerprint density at radius 1 is 1.00 bits per heavy atom. The lowest BCUT2D eigenvalue weighted by atomic mass is 9.70. The summed E-state index contributed by atoms with van der Waals surface area (Å²) in [6, 6.07) is 6.13. The molecular weight excluding hydrogens is 499 g/mol. The van der Waals surface area contributed by atoms with Gasteiger partial charge >= 0.3 is 0 Å². The Kier molecular flexibility index (Phi) is 8.33. The van der Waals surface area contributed by atoms with Crippen LogP contribution in [-0.2, 0) is 4.79 Å². The van der Waals surface area contributed by atoms with Crippen molar-refractivity contribution in [1.82, 2.24) is 5.32 Å². The van der Waals surface area contributed by atoms with Crippen molar-refractivity contribution in [1.29, 1.82) is 0 Å². The van der Waals surface area contributed by atoms with Gasteiger partial charge in [0.1, 0.15) is 12.0 Å². The standard InChI is InChI=1S/C31H39FN2O5/c1-19-13-20(2)27(23(14-19)28(36)33-17-30(3)9-6-10-30)34-29(37)22-15-26(24(32)16-25(22)38-5)39-21-7-11-31(4,18-35)12-8-21/h13-16,18,21H,6-12,17H2,1-5H3,(H,33,36)(H,34,37). The number of benzene rings is 2. The second kappa shape index (κ2) is 11.4. The summed E-state index contributed by atoms with van der Waals surface area (Å²) in [5.41, 5.74) is 2.24. The average molecular weight is 539 g/mol. The van der Waals surface area contributed by atoms with E-state index in [0.717, 1.165) is 36.3 Å². The van der Waals surface area contributed by atoms with Crippen LogP contribution in [0.25, 0.3) is 0 Å². The predicted molar refractivity (Wildman–Crippen MR) is 148 cm³/mol. The highest BCUT2D eigenvalue weighted by Crippen LogP contribution is 2.40. The number of halogens is 1. The Morgan fingerprint density at radius 3 is 2.28 bits per heavy atom. The molecule has 0 bridgehead atoms. The van der Waals surface area contributed by atoms with Gasteiger partial charge in [-0.2, -0.15) is 0 Å². The molecule has 39 heavy (non-hydrogen) atoms. The fourth-order valence-electron chi connectivity index (χ4n) is 5.48. The van der Waals surface area contributed by atoms with Crippen molar-refractivity contribution in [3.8, 4) is 11.5 Å². The van der Waals surface area contributed by atoms with E-state index in [0.29, 0.717) is 43.5 Å². The molecule has 2 aromatic rings. The molecule has 0 aliphatic heterocycles. The SMILES string of the molecule is COc1cc(F)c(OC2CCC(C)(C=O)CC2)cc1C(=O)Nc1c(C)cc(C)cc1C(=O)NCC1(C)CCC1. The Bertz CT molecular complexity index is 1260. The smallest absolute Gasteiger partial charge is 0.259 e. The molecule has 4 rings (SSSR count). The largest absolute Gasteiger partial charge is 0.496 e. The van der Waals surface area contributed by atoms with Crippen molar-refractivity contribution in [2.75, 3.05) is 19.0 Å². The quantitative estimate of drug-likeness (QED) is 0.374. The average Bonchev–Trinajstić information content (AvgIpc) is 2.89. The summed E-state index contributed by atoms with van der Waals surface area (Å²) in [5.74, 6) is -1.42. The van der Waals surface area contributed by atoms with Crippen molar-refractivity contribution in [2.24, 2.45) is 10.8 Å². The maximum absolute atomic E-state index is 14.9. The lowest BCUT2D eigenvalue weighted by Gasteiger charge is -2.38. The Morgan fingerprint density at radius 2 is 1.69 bits per heavy atom. The summed E-state index contributed by atoms with van der Waals surface area (Å²) >= 11 is 0. The molecule has 2 saturated carbocycles. The minimum Gasteiger partial charge on any atom is -0.496 e. The van der Waals surface area contributed by atoms with Gasteiger partial charge in [-0.25, -0.2) is 4.39 Å². The summed E-state index contributed by atoms with van der Waals surface area (Å²) in [6.45, 7) is 8.39. The molecule has 8 heteroatoms. The maximum atomic E-state index is 14.9. The van der Waals surface area contributed by atoms with Crippen LogP contribution in [0.2, 0.25) is 0 Å². The van der Waals surface area contributed by atoms with Gasteiger partial charge in [0.05, 0.1) is 30.0 Å². The Balaban J connectivity index is 1.56. The lowest BCUT2D eigenvalue weighted by molar-refractivity contribution is -0.117. The number of ether oxygens (including phenoxy) is 2. The summed E-state index contributed by atoms with van der Waals surface area (Å²) in [4.78, 5) is 38.1. The molecule has 2 N–H and O–H groups in total. The molecule has 0 atom stereocenters. The first kappa shape index (κ1) is 28.6. The molecular formula is C31H39FN2O5. The number of hydrogen-bond donors (Lipinski definition) is 2. The molecule has 0 unspecified atom stereocenters. The number of methoxy groups -OCH3 is 1. The first-order valence-corrected chi connectivity index (χ1v) is 13.7. The van der Waals surface area contributed by atoms with Crippen LogP contribution in [0, 0.1) is 30.5 Å². The zero-order valence-electron chi connectivity index (χ0n) is 23.5. The van der Waals surface area contributed by atoms with E-state index in [9.17, 15) is 18.8 Å². The van der Waals surface area contributed by atoms with E-state index in [4.69, 9.17) is 9.47 Å². The van der Waals surface area contributed by atoms with Crippen molar-refractivity contribution < 1.29 is 28.2 Å². The number of carbonyl (C=O) groups is 3. The molecule has 2 amide bonds. The third kappa shape index (κ3) is 6.43. The van der Waals surface area contributed by atoms with Crippen molar-refractivity contribution in [3.63, 3.8) is 0 Å². The Hall–Kier alpha value is -3.42. The van der Waals surface area contributed by atoms with Crippen LogP contribution in [0.1, 0.15) is 90.6 Å². The van der Waals surface area contributed by atoms with E-state index in [-0.39, 0.29) is 39.9 Å². The van der Waals surface area contributed by atoms with Crippen LogP contribution >= 0.6 is 0 Å². The van der Waals surface area contributed by atoms with E-state index in [1.54, 1.807) is 6.07 Å². The zero-order chi connectivity index (χ0) is 28.4. The molecule has 2 aliphatic carbocycles. The molecule has 2 aromatic carbocycles. The number of amides is 2. The second-order valence-corrected chi connectivity index (χ2v) is 11.9. The maximum Gasteiger partial charge on any atom is 0.259 e. The lowest BCUT2D eigenvalue weighted by Crippen LogP contribution is -2.40. The minimum absolute atomic E-state index is 0.0482. The molecule has 0 heterocycles. The molecule has 0 saturated heterocycles. The molecule has 7 nitrogen and oxygen atoms in total. The normalized spacial score (nSPS) is 21.8. The topological polar surface area (TPSA) is 93.7 Å². The molecule has 2 fully saturated rings. The van der Waals surface area contributed by atoms with Gasteiger partial charge in [0.2, 0.25) is 0 Å². The summed E-state index contributed by atoms with van der Waals surface area (Å²) in [6.07, 6.45) is 6.59. The summed E-state index contributed by atoms with van der Waals surface area (Å²) in [7, 11) is 1.37. The number of rotatable bonds is 9. The van der Waals surface area contributed by atoms with Gasteiger partial charge in [0.15, 0.2) is 11.6 Å². The van der Waals surface area contributed by atoms with Crippen LogP contribution in [0.5, 0.6) is 11.5 Å². The highest BCUT2D eigenvalue weighted by molar-refractivity contribution is 6.11. The molecule has 0 aromatic heterocycles. The van der Waals surface area contributed by atoms with Crippen LogP contribution in [0.15, 0.2) is 24.3 Å². The van der Waals surface area contributed by atoms with Gasteiger partial charge in [-0.15, -0.1) is 0 Å². The number of aldehydes is 1. The second-order valence-electron chi connectivity index (χ2n) is 11.9. The number of nitrogens with one attached hydrogen (secondary N) is 2. The third-order valence-electron chi connectivity index (χ3n) is 8.35. The van der Waals surface area contributed by atoms with Gasteiger partial charge in [0, 0.05) is 18.0 Å². The molecule has 0 spiro atoms. The van der Waals surface area contributed by atoms with Crippen LogP contribution in [0.3, 0.4) is 0 Å². The van der Waals surface area contributed by atoms with Gasteiger partial charge in [-0.3, -0.25) is 9.59 Å². The van der Waals surface area contributed by atoms with Gasteiger partial charge in [0.25, 0.3) is 11.8 Å². The first-order chi connectivity index (χ1) is 18.5. The van der Waals surface area contributed by atoms with Crippen molar-refractivity contribution in [2.45, 2.75) is 78.7 Å². The van der Waals surface area contributed by atoms with E-state index >= 15 is 0 Å². The molecule has 210 valence electrons. The Labute approximate surface area is 229 Å². The summed E-state index contributed by atoms with van der Waals surface area (Å²) in [5, 5.41) is 5.91. The van der Waals surface area contributed by atoms with Gasteiger partial charge < -0.3 is 24.9 Å². The molecule has 2 aliphatic rings. The van der Waals surface area contributed by atoms with Gasteiger partial charge in [-0.1, -0.05) is 26.3 Å². The van der Waals surface area contributed by atoms with E-state index < -0.39 is 11.7 Å². The van der Waals surface area contributed by atoms with Gasteiger partial charge in [-0.05, 0) is 81.0 Å². The van der Waals surface area contributed by atoms with Crippen molar-refractivity contribution >= 4 is 23.8 Å². The summed E-state index contributed by atoms with van der Waals surface area (Å²) < 4.78 is 26.2. The number of aryl methyl sites for hydroxylation is 2. The number of anilines is 1. The highest BCUT2D eigenvalue weighted by atomic mass is 19.1. The first-order valence-electron chi connectivity index (χ1n) is 13.7. The number of hydrogen-bond acceptors (Lipinski definition) is 5. The minimum atomic E-state index is -0.636. The van der Waals surface area contributed by atoms with E-state index in [2.05, 4.69) is 17.6 Å². The van der Waals surface area contributed by atoms with Crippen molar-refractivity contribution in [3.05, 3.63) is 52.3 Å².